The summed E-state index contributed by atoms with van der Waals surface area (Å²) in [7, 11) is 1.51. The van der Waals surface area contributed by atoms with E-state index in [9.17, 15) is 4.79 Å². The van der Waals surface area contributed by atoms with Gasteiger partial charge in [0.25, 0.3) is 0 Å². The van der Waals surface area contributed by atoms with Gasteiger partial charge < -0.3 is 20.4 Å². The van der Waals surface area contributed by atoms with Crippen LogP contribution in [0.25, 0.3) is 21.7 Å². The van der Waals surface area contributed by atoms with E-state index < -0.39 is 5.82 Å². The van der Waals surface area contributed by atoms with Crippen molar-refractivity contribution in [2.45, 2.75) is 38.6 Å². The van der Waals surface area contributed by atoms with Gasteiger partial charge in [-0.15, -0.1) is 0 Å². The molecule has 1 aromatic heterocycles. The number of halogens is 1. The topological polar surface area (TPSA) is 69.3 Å². The van der Waals surface area contributed by atoms with Gasteiger partial charge in [0.15, 0.2) is 17.0 Å². The molecule has 1 saturated carbocycles. The van der Waals surface area contributed by atoms with Crippen LogP contribution in [-0.2, 0) is 6.42 Å². The van der Waals surface area contributed by atoms with E-state index in [-0.39, 0.29) is 28.2 Å². The van der Waals surface area contributed by atoms with Crippen LogP contribution in [0.15, 0.2) is 53.5 Å². The number of rotatable bonds is 7. The summed E-state index contributed by atoms with van der Waals surface area (Å²) in [5, 5.41) is 5.87. The molecule has 5 rings (SSSR count). The molecule has 0 unspecified atom stereocenters. The molecule has 0 atom stereocenters. The van der Waals surface area contributed by atoms with Crippen LogP contribution >= 0.6 is 0 Å². The molecule has 0 bridgehead atoms. The fraction of sp³-hybridized carbons (Fsp3) is 0.296. The minimum Gasteiger partial charge on any atom is -0.492 e. The molecule has 1 aliphatic rings. The number of methoxy groups -OCH3 is 1. The molecule has 1 fully saturated rings. The molecule has 6 heteroatoms. The molecule has 4 aromatic rings. The number of fused-ring (bicyclic) bond motifs is 2. The van der Waals surface area contributed by atoms with Crippen LogP contribution in [0.5, 0.6) is 5.75 Å². The van der Waals surface area contributed by atoms with E-state index in [0.717, 1.165) is 25.7 Å². The van der Waals surface area contributed by atoms with Gasteiger partial charge in [0.2, 0.25) is 0 Å². The number of nitrogen functional groups attached to an aromatic ring is 1. The highest BCUT2D eigenvalue weighted by Crippen LogP contribution is 2.44. The van der Waals surface area contributed by atoms with E-state index >= 15 is 4.39 Å². The molecule has 3 N–H and O–H groups in total. The van der Waals surface area contributed by atoms with Crippen LogP contribution in [0.4, 0.5) is 15.8 Å². The minimum atomic E-state index is -0.630. The molecule has 0 amide bonds. The summed E-state index contributed by atoms with van der Waals surface area (Å²) < 4.78 is 23.1. The smallest absolute Gasteiger partial charge is 0.194 e. The van der Waals surface area contributed by atoms with Gasteiger partial charge in [0.05, 0.1) is 23.7 Å². The number of hydrogen-bond acceptors (Lipinski definition) is 4. The summed E-state index contributed by atoms with van der Waals surface area (Å²) >= 11 is 0. The predicted octanol–water partition coefficient (Wildman–Crippen LogP) is 5.57. The van der Waals surface area contributed by atoms with Crippen molar-refractivity contribution in [2.24, 2.45) is 0 Å². The Kier molecular flexibility index (Phi) is 5.44. The Morgan fingerprint density at radius 2 is 1.94 bits per heavy atom. The van der Waals surface area contributed by atoms with Crippen LogP contribution in [0, 0.1) is 12.7 Å². The third-order valence-electron chi connectivity index (χ3n) is 6.53. The largest absolute Gasteiger partial charge is 0.492 e. The Morgan fingerprint density at radius 1 is 1.18 bits per heavy atom. The SMILES string of the molecule is COc1c(NCCCc2cccc3ccccc23)c(F)c(N)c2c(=O)c(C)cn(C3CC3)c12. The van der Waals surface area contributed by atoms with Crippen LogP contribution in [0.1, 0.15) is 36.4 Å². The van der Waals surface area contributed by atoms with Gasteiger partial charge >= 0.3 is 0 Å². The zero-order valence-electron chi connectivity index (χ0n) is 19.0. The van der Waals surface area contributed by atoms with E-state index in [1.165, 1.54) is 23.4 Å². The van der Waals surface area contributed by atoms with Crippen LogP contribution in [0.3, 0.4) is 0 Å². The monoisotopic (exact) mass is 445 g/mol. The van der Waals surface area contributed by atoms with Crippen LogP contribution in [-0.4, -0.2) is 18.2 Å². The third kappa shape index (κ3) is 3.69. The van der Waals surface area contributed by atoms with E-state index in [1.54, 1.807) is 6.92 Å². The normalized spacial score (nSPS) is 13.5. The number of hydrogen-bond donors (Lipinski definition) is 2. The van der Waals surface area contributed by atoms with Crippen molar-refractivity contribution in [1.82, 2.24) is 4.57 Å². The number of anilines is 2. The van der Waals surface area contributed by atoms with E-state index in [4.69, 9.17) is 10.5 Å². The molecule has 0 saturated heterocycles. The Morgan fingerprint density at radius 3 is 2.70 bits per heavy atom. The second-order valence-electron chi connectivity index (χ2n) is 8.81. The number of ether oxygens (including phenoxy) is 1. The average molecular weight is 446 g/mol. The number of pyridine rings is 1. The first-order valence-corrected chi connectivity index (χ1v) is 11.4. The molecular weight excluding hydrogens is 417 g/mol. The van der Waals surface area contributed by atoms with Crippen molar-refractivity contribution in [1.29, 1.82) is 0 Å². The van der Waals surface area contributed by atoms with Crippen LogP contribution in [0.2, 0.25) is 0 Å². The fourth-order valence-electron chi connectivity index (χ4n) is 4.71. The molecule has 33 heavy (non-hydrogen) atoms. The molecule has 0 aliphatic heterocycles. The lowest BCUT2D eigenvalue weighted by Gasteiger charge is -2.20. The zero-order chi connectivity index (χ0) is 23.1. The number of aromatic nitrogens is 1. The fourth-order valence-corrected chi connectivity index (χ4v) is 4.71. The summed E-state index contributed by atoms with van der Waals surface area (Å²) in [6, 6.07) is 14.9. The number of nitrogens with zero attached hydrogens (tertiary/aromatic N) is 1. The maximum absolute atomic E-state index is 15.4. The first-order chi connectivity index (χ1) is 16.0. The summed E-state index contributed by atoms with van der Waals surface area (Å²) in [6.45, 7) is 2.28. The number of nitrogens with one attached hydrogen (secondary N) is 1. The highest BCUT2D eigenvalue weighted by Gasteiger charge is 2.30. The van der Waals surface area contributed by atoms with Gasteiger partial charge in [-0.2, -0.15) is 0 Å². The summed E-state index contributed by atoms with van der Waals surface area (Å²) in [5.41, 5.74) is 8.42. The second kappa shape index (κ2) is 8.43. The molecule has 5 nitrogen and oxygen atoms in total. The molecule has 170 valence electrons. The first-order valence-electron chi connectivity index (χ1n) is 11.4. The predicted molar refractivity (Wildman–Crippen MR) is 133 cm³/mol. The van der Waals surface area contributed by atoms with Crippen molar-refractivity contribution >= 4 is 33.1 Å². The van der Waals surface area contributed by atoms with E-state index in [1.807, 2.05) is 22.9 Å². The lowest BCUT2D eigenvalue weighted by Crippen LogP contribution is -2.17. The number of benzene rings is 3. The Hall–Kier alpha value is -3.54. The Labute approximate surface area is 192 Å². The Balaban J connectivity index is 1.47. The minimum absolute atomic E-state index is 0.120. The quantitative estimate of drug-likeness (QED) is 0.288. The number of aryl methyl sites for hydroxylation is 2. The van der Waals surface area contributed by atoms with Gasteiger partial charge in [-0.05, 0) is 48.9 Å². The van der Waals surface area contributed by atoms with Crippen molar-refractivity contribution in [3.8, 4) is 5.75 Å². The van der Waals surface area contributed by atoms with E-state index in [0.29, 0.717) is 23.4 Å². The van der Waals surface area contributed by atoms with Crippen molar-refractivity contribution in [3.05, 3.63) is 75.8 Å². The number of nitrogens with two attached hydrogens (primary N) is 1. The highest BCUT2D eigenvalue weighted by atomic mass is 19.1. The van der Waals surface area contributed by atoms with Crippen molar-refractivity contribution in [2.75, 3.05) is 24.7 Å². The summed E-state index contributed by atoms with van der Waals surface area (Å²) in [4.78, 5) is 12.9. The van der Waals surface area contributed by atoms with E-state index in [2.05, 4.69) is 35.6 Å². The molecule has 0 spiro atoms. The molecule has 1 aliphatic carbocycles. The van der Waals surface area contributed by atoms with Crippen LogP contribution < -0.4 is 21.2 Å². The van der Waals surface area contributed by atoms with Gasteiger partial charge in [-0.25, -0.2) is 4.39 Å². The van der Waals surface area contributed by atoms with Crippen molar-refractivity contribution in [3.63, 3.8) is 0 Å². The second-order valence-corrected chi connectivity index (χ2v) is 8.81. The zero-order valence-corrected chi connectivity index (χ0v) is 19.0. The molecule has 1 heterocycles. The first kappa shape index (κ1) is 21.3. The standard InChI is InChI=1S/C27H28FN3O2/c1-16-15-31(19-12-13-19)25-21(26(16)32)23(29)22(28)24(27(25)33-2)30-14-6-10-18-9-5-8-17-7-3-4-11-20(17)18/h3-5,7-9,11,15,19,30H,6,10,12-14,29H2,1-2H3. The Bertz CT molecular complexity index is 1420. The lowest BCUT2D eigenvalue weighted by atomic mass is 10.0. The van der Waals surface area contributed by atoms with Gasteiger partial charge in [0.1, 0.15) is 5.69 Å². The maximum atomic E-state index is 15.4. The summed E-state index contributed by atoms with van der Waals surface area (Å²) in [5.74, 6) is -0.291. The third-order valence-corrected chi connectivity index (χ3v) is 6.53. The van der Waals surface area contributed by atoms with Gasteiger partial charge in [0, 0.05) is 24.3 Å². The average Bonchev–Trinajstić information content (AvgIpc) is 3.67. The molecular formula is C27H28FN3O2. The molecule has 0 radical (unpaired) electrons. The van der Waals surface area contributed by atoms with Gasteiger partial charge in [-0.1, -0.05) is 42.5 Å². The van der Waals surface area contributed by atoms with Gasteiger partial charge in [-0.3, -0.25) is 4.79 Å². The maximum Gasteiger partial charge on any atom is 0.194 e. The summed E-state index contributed by atoms with van der Waals surface area (Å²) in [6.07, 6.45) is 5.54. The van der Waals surface area contributed by atoms with Crippen molar-refractivity contribution < 1.29 is 9.13 Å². The molecule has 3 aromatic carbocycles. The lowest BCUT2D eigenvalue weighted by molar-refractivity contribution is 0.416. The highest BCUT2D eigenvalue weighted by molar-refractivity contribution is 6.00.